The molecule has 1 unspecified atom stereocenters. The quantitative estimate of drug-likeness (QED) is 0.825. The monoisotopic (exact) mass is 312 g/mol. The molecule has 2 N–H and O–H groups in total. The molecule has 7 heteroatoms. The lowest BCUT2D eigenvalue weighted by Crippen LogP contribution is -2.42. The Morgan fingerprint density at radius 2 is 2.19 bits per heavy atom. The van der Waals surface area contributed by atoms with E-state index in [0.29, 0.717) is 18.9 Å². The lowest BCUT2D eigenvalue weighted by Gasteiger charge is -2.29. The second kappa shape index (κ2) is 6.06. The highest BCUT2D eigenvalue weighted by Gasteiger charge is 2.40. The zero-order valence-corrected chi connectivity index (χ0v) is 13.3. The molecule has 0 radical (unpaired) electrons. The van der Waals surface area contributed by atoms with Gasteiger partial charge in [0.25, 0.3) is 10.0 Å². The molecule has 2 heterocycles. The van der Waals surface area contributed by atoms with Crippen LogP contribution in [0.3, 0.4) is 0 Å². The number of nitrogens with one attached hydrogen (secondary N) is 2. The summed E-state index contributed by atoms with van der Waals surface area (Å²) >= 11 is 0. The number of aromatic amines is 1. The fourth-order valence-electron chi connectivity index (χ4n) is 2.92. The van der Waals surface area contributed by atoms with Crippen LogP contribution in [0, 0.1) is 5.92 Å². The number of aromatic nitrogens is 2. The van der Waals surface area contributed by atoms with Crippen LogP contribution < -0.4 is 5.32 Å². The summed E-state index contributed by atoms with van der Waals surface area (Å²) in [5.41, 5.74) is 0. The molecule has 0 bridgehead atoms. The molecule has 1 aliphatic heterocycles. The number of piperidine rings is 1. The zero-order chi connectivity index (χ0) is 14.9. The highest BCUT2D eigenvalue weighted by molar-refractivity contribution is 7.89. The van der Waals surface area contributed by atoms with E-state index in [-0.39, 0.29) is 11.1 Å². The third kappa shape index (κ3) is 3.30. The summed E-state index contributed by atoms with van der Waals surface area (Å²) in [4.78, 5) is 7.08. The van der Waals surface area contributed by atoms with E-state index in [1.807, 2.05) is 6.92 Å². The van der Waals surface area contributed by atoms with Crippen molar-refractivity contribution in [2.24, 2.45) is 5.92 Å². The minimum atomic E-state index is -3.44. The van der Waals surface area contributed by atoms with Gasteiger partial charge in [0.1, 0.15) is 5.82 Å². The van der Waals surface area contributed by atoms with Gasteiger partial charge in [-0.2, -0.15) is 4.31 Å². The third-order valence-electron chi connectivity index (χ3n) is 4.32. The summed E-state index contributed by atoms with van der Waals surface area (Å²) in [6, 6.07) is 0.185. The van der Waals surface area contributed by atoms with Gasteiger partial charge in [-0.15, -0.1) is 0 Å². The van der Waals surface area contributed by atoms with Crippen LogP contribution in [0.25, 0.3) is 0 Å². The molecule has 1 aromatic rings. The number of hydrogen-bond acceptors (Lipinski definition) is 4. The predicted octanol–water partition coefficient (Wildman–Crippen LogP) is 1.12. The topological polar surface area (TPSA) is 78.1 Å². The van der Waals surface area contributed by atoms with E-state index in [1.54, 1.807) is 4.31 Å². The van der Waals surface area contributed by atoms with Gasteiger partial charge in [-0.05, 0) is 44.7 Å². The van der Waals surface area contributed by atoms with Gasteiger partial charge < -0.3 is 10.3 Å². The summed E-state index contributed by atoms with van der Waals surface area (Å²) in [5, 5.41) is 3.61. The highest BCUT2D eigenvalue weighted by atomic mass is 32.2. The van der Waals surface area contributed by atoms with Gasteiger partial charge in [-0.3, -0.25) is 0 Å². The van der Waals surface area contributed by atoms with Crippen LogP contribution in [0.5, 0.6) is 0 Å². The number of hydrogen-bond donors (Lipinski definition) is 2. The molecule has 2 aliphatic rings. The average molecular weight is 312 g/mol. The standard InChI is InChI=1S/C14H24N4O2S/c1-2-13-16-9-14(17-13)21(19,20)18(12-5-6-12)10-11-4-3-7-15-8-11/h9,11-12,15H,2-8,10H2,1H3,(H,16,17). The molecule has 0 aromatic carbocycles. The van der Waals surface area contributed by atoms with Gasteiger partial charge in [0.05, 0.1) is 6.20 Å². The summed E-state index contributed by atoms with van der Waals surface area (Å²) in [6.45, 7) is 4.55. The van der Waals surface area contributed by atoms with Crippen molar-refractivity contribution < 1.29 is 8.42 Å². The van der Waals surface area contributed by atoms with E-state index in [2.05, 4.69) is 15.3 Å². The number of rotatable bonds is 6. The van der Waals surface area contributed by atoms with Gasteiger partial charge in [0.15, 0.2) is 5.03 Å². The Hall–Kier alpha value is -0.920. The maximum atomic E-state index is 12.9. The van der Waals surface area contributed by atoms with Crippen molar-refractivity contribution in [1.29, 1.82) is 0 Å². The van der Waals surface area contributed by atoms with Crippen LogP contribution in [0.1, 0.15) is 38.4 Å². The molecule has 1 saturated heterocycles. The van der Waals surface area contributed by atoms with Crippen molar-refractivity contribution in [3.63, 3.8) is 0 Å². The summed E-state index contributed by atoms with van der Waals surface area (Å²) < 4.78 is 27.4. The van der Waals surface area contributed by atoms with Gasteiger partial charge in [0, 0.05) is 19.0 Å². The van der Waals surface area contributed by atoms with E-state index in [9.17, 15) is 8.42 Å². The van der Waals surface area contributed by atoms with Crippen molar-refractivity contribution in [1.82, 2.24) is 19.6 Å². The molecule has 0 spiro atoms. The minimum Gasteiger partial charge on any atom is -0.332 e. The van der Waals surface area contributed by atoms with Crippen molar-refractivity contribution in [3.8, 4) is 0 Å². The molecular formula is C14H24N4O2S. The number of imidazole rings is 1. The molecule has 2 fully saturated rings. The van der Waals surface area contributed by atoms with Crippen LogP contribution in [0.4, 0.5) is 0 Å². The Labute approximate surface area is 126 Å². The molecule has 3 rings (SSSR count). The summed E-state index contributed by atoms with van der Waals surface area (Å²) in [5.74, 6) is 1.14. The fraction of sp³-hybridized carbons (Fsp3) is 0.786. The van der Waals surface area contributed by atoms with Crippen molar-refractivity contribution in [3.05, 3.63) is 12.0 Å². The second-order valence-corrected chi connectivity index (χ2v) is 7.92. The van der Waals surface area contributed by atoms with E-state index < -0.39 is 10.0 Å². The van der Waals surface area contributed by atoms with Gasteiger partial charge >= 0.3 is 0 Å². The van der Waals surface area contributed by atoms with E-state index in [1.165, 1.54) is 6.20 Å². The Morgan fingerprint density at radius 3 is 2.76 bits per heavy atom. The zero-order valence-electron chi connectivity index (χ0n) is 12.5. The number of nitrogens with zero attached hydrogens (tertiary/aromatic N) is 2. The first kappa shape index (κ1) is 15.0. The molecule has 1 atom stereocenters. The molecule has 0 amide bonds. The van der Waals surface area contributed by atoms with Crippen LogP contribution in [-0.4, -0.2) is 48.4 Å². The van der Waals surface area contributed by atoms with E-state index >= 15 is 0 Å². The van der Waals surface area contributed by atoms with Gasteiger partial charge in [-0.1, -0.05) is 6.92 Å². The highest BCUT2D eigenvalue weighted by Crippen LogP contribution is 2.33. The number of aryl methyl sites for hydroxylation is 1. The number of H-pyrrole nitrogens is 1. The van der Waals surface area contributed by atoms with E-state index in [4.69, 9.17) is 0 Å². The lowest BCUT2D eigenvalue weighted by molar-refractivity contribution is 0.286. The van der Waals surface area contributed by atoms with Crippen LogP contribution >= 0.6 is 0 Å². The van der Waals surface area contributed by atoms with Crippen LogP contribution in [0.15, 0.2) is 11.2 Å². The maximum absolute atomic E-state index is 12.9. The lowest BCUT2D eigenvalue weighted by atomic mass is 10.00. The average Bonchev–Trinajstić information content (AvgIpc) is 3.20. The first-order chi connectivity index (χ1) is 10.1. The Balaban J connectivity index is 1.78. The van der Waals surface area contributed by atoms with Crippen LogP contribution in [0.2, 0.25) is 0 Å². The molecule has 1 aliphatic carbocycles. The third-order valence-corrected chi connectivity index (χ3v) is 6.15. The summed E-state index contributed by atoms with van der Waals surface area (Å²) in [6.07, 6.45) is 6.37. The maximum Gasteiger partial charge on any atom is 0.260 e. The Bertz CT molecular complexity index is 574. The number of sulfonamides is 1. The fourth-order valence-corrected chi connectivity index (χ4v) is 4.62. The Kier molecular flexibility index (Phi) is 4.33. The molecule has 1 saturated carbocycles. The predicted molar refractivity (Wildman–Crippen MR) is 80.5 cm³/mol. The first-order valence-electron chi connectivity index (χ1n) is 7.87. The molecule has 1 aromatic heterocycles. The van der Waals surface area contributed by atoms with Crippen molar-refractivity contribution in [2.75, 3.05) is 19.6 Å². The van der Waals surface area contributed by atoms with Gasteiger partial charge in [-0.25, -0.2) is 13.4 Å². The largest absolute Gasteiger partial charge is 0.332 e. The molecule has 6 nitrogen and oxygen atoms in total. The smallest absolute Gasteiger partial charge is 0.260 e. The molecule has 118 valence electrons. The van der Waals surface area contributed by atoms with Gasteiger partial charge in [0.2, 0.25) is 0 Å². The first-order valence-corrected chi connectivity index (χ1v) is 9.31. The molecule has 21 heavy (non-hydrogen) atoms. The van der Waals surface area contributed by atoms with E-state index in [0.717, 1.165) is 44.6 Å². The second-order valence-electron chi connectivity index (χ2n) is 6.07. The van der Waals surface area contributed by atoms with Crippen molar-refractivity contribution >= 4 is 10.0 Å². The van der Waals surface area contributed by atoms with Crippen molar-refractivity contribution in [2.45, 2.75) is 50.1 Å². The minimum absolute atomic E-state index is 0.185. The van der Waals surface area contributed by atoms with Crippen LogP contribution in [-0.2, 0) is 16.4 Å². The molecular weight excluding hydrogens is 288 g/mol. The normalized spacial score (nSPS) is 23.6. The SMILES string of the molecule is CCc1ncc(S(=O)(=O)N(CC2CCCNC2)C2CC2)[nH]1. The Morgan fingerprint density at radius 1 is 1.38 bits per heavy atom. The summed E-state index contributed by atoms with van der Waals surface area (Å²) in [7, 11) is -3.44.